The molecule has 2 aromatic rings. The summed E-state index contributed by atoms with van der Waals surface area (Å²) in [6.45, 7) is 5.73. The van der Waals surface area contributed by atoms with Crippen LogP contribution in [0.1, 0.15) is 18.9 Å². The fraction of sp³-hybridized carbons (Fsp3) is 0.381. The standard InChI is InChI=1S/C21H24ClN5O2/c1-2-21(16-6-5-7-17(22)14-16)19(28)27(20(29)24-21)15-25-10-12-26(13-11-25)18-8-3-4-9-23-18/h3-9,14H,2,10-13,15H2,1H3,(H,24,29)/p+2/t21-/m1/s1. The molecule has 0 radical (unpaired) electrons. The van der Waals surface area contributed by atoms with E-state index in [1.807, 2.05) is 37.4 Å². The zero-order valence-corrected chi connectivity index (χ0v) is 17.2. The van der Waals surface area contributed by atoms with E-state index in [1.54, 1.807) is 12.1 Å². The highest BCUT2D eigenvalue weighted by atomic mass is 35.5. The van der Waals surface area contributed by atoms with Gasteiger partial charge in [0.1, 0.15) is 31.7 Å². The van der Waals surface area contributed by atoms with Crippen LogP contribution in [0, 0.1) is 0 Å². The van der Waals surface area contributed by atoms with Crippen LogP contribution in [0.5, 0.6) is 0 Å². The first-order chi connectivity index (χ1) is 14.0. The zero-order valence-electron chi connectivity index (χ0n) is 16.5. The minimum Gasteiger partial charge on any atom is -0.319 e. The quantitative estimate of drug-likeness (QED) is 0.705. The third kappa shape index (κ3) is 3.68. The lowest BCUT2D eigenvalue weighted by molar-refractivity contribution is -0.908. The normalized spacial score (nSPS) is 22.8. The molecule has 0 aliphatic carbocycles. The predicted molar refractivity (Wildman–Crippen MR) is 110 cm³/mol. The van der Waals surface area contributed by atoms with Crippen molar-refractivity contribution in [2.45, 2.75) is 18.9 Å². The number of aromatic amines is 1. The average molecular weight is 416 g/mol. The molecule has 1 atom stereocenters. The number of carbonyl (C=O) groups excluding carboxylic acids is 2. The number of rotatable bonds is 5. The van der Waals surface area contributed by atoms with Crippen molar-refractivity contribution >= 4 is 29.4 Å². The molecule has 0 saturated carbocycles. The summed E-state index contributed by atoms with van der Waals surface area (Å²) in [5.41, 5.74) is -0.310. The summed E-state index contributed by atoms with van der Waals surface area (Å²) in [5, 5.41) is 3.49. The van der Waals surface area contributed by atoms with Gasteiger partial charge >= 0.3 is 6.03 Å². The second-order valence-electron chi connectivity index (χ2n) is 7.58. The van der Waals surface area contributed by atoms with Crippen LogP contribution in [-0.2, 0) is 10.3 Å². The molecule has 3 N–H and O–H groups in total. The minimum atomic E-state index is -1.04. The number of aromatic nitrogens is 1. The van der Waals surface area contributed by atoms with Crippen LogP contribution in [0.15, 0.2) is 48.7 Å². The summed E-state index contributed by atoms with van der Waals surface area (Å²) >= 11 is 6.13. The van der Waals surface area contributed by atoms with Crippen LogP contribution in [0.3, 0.4) is 0 Å². The largest absolute Gasteiger partial charge is 0.329 e. The number of hydrogen-bond donors (Lipinski definition) is 2. The molecule has 8 heteroatoms. The van der Waals surface area contributed by atoms with E-state index < -0.39 is 5.54 Å². The number of carbonyl (C=O) groups is 2. The van der Waals surface area contributed by atoms with Crippen molar-refractivity contribution in [2.24, 2.45) is 0 Å². The molecule has 4 rings (SSSR count). The highest BCUT2D eigenvalue weighted by Gasteiger charge is 2.52. The molecule has 2 fully saturated rings. The van der Waals surface area contributed by atoms with Gasteiger partial charge in [0.2, 0.25) is 0 Å². The number of nitrogens with one attached hydrogen (secondary N) is 3. The van der Waals surface area contributed by atoms with Crippen molar-refractivity contribution in [3.63, 3.8) is 0 Å². The second kappa shape index (κ2) is 8.00. The van der Waals surface area contributed by atoms with E-state index in [4.69, 9.17) is 11.6 Å². The Balaban J connectivity index is 1.45. The van der Waals surface area contributed by atoms with Crippen LogP contribution in [0.25, 0.3) is 0 Å². The fourth-order valence-corrected chi connectivity index (χ4v) is 4.38. The summed E-state index contributed by atoms with van der Waals surface area (Å²) in [6, 6.07) is 12.9. The van der Waals surface area contributed by atoms with Gasteiger partial charge in [-0.25, -0.2) is 14.7 Å². The van der Waals surface area contributed by atoms with Crippen LogP contribution in [0.4, 0.5) is 10.6 Å². The molecule has 152 valence electrons. The molecule has 2 aliphatic heterocycles. The van der Waals surface area contributed by atoms with Gasteiger partial charge in [0.25, 0.3) is 11.7 Å². The van der Waals surface area contributed by atoms with Crippen molar-refractivity contribution in [1.82, 2.24) is 10.2 Å². The van der Waals surface area contributed by atoms with E-state index in [9.17, 15) is 9.59 Å². The van der Waals surface area contributed by atoms with Gasteiger partial charge in [0.15, 0.2) is 6.67 Å². The Kier molecular flexibility index (Phi) is 5.43. The van der Waals surface area contributed by atoms with Gasteiger partial charge in [-0.3, -0.25) is 9.69 Å². The molecule has 3 amide bonds. The molecule has 7 nitrogen and oxygen atoms in total. The van der Waals surface area contributed by atoms with Crippen molar-refractivity contribution in [1.29, 1.82) is 0 Å². The molecule has 29 heavy (non-hydrogen) atoms. The highest BCUT2D eigenvalue weighted by Crippen LogP contribution is 2.33. The Morgan fingerprint density at radius 2 is 1.97 bits per heavy atom. The minimum absolute atomic E-state index is 0.196. The van der Waals surface area contributed by atoms with Crippen molar-refractivity contribution in [2.75, 3.05) is 37.7 Å². The molecule has 0 spiro atoms. The maximum Gasteiger partial charge on any atom is 0.329 e. The molecule has 1 aromatic heterocycles. The molecule has 0 bridgehead atoms. The first kappa shape index (κ1) is 19.7. The first-order valence-corrected chi connectivity index (χ1v) is 10.4. The number of anilines is 1. The highest BCUT2D eigenvalue weighted by molar-refractivity contribution is 6.30. The van der Waals surface area contributed by atoms with E-state index in [-0.39, 0.29) is 11.9 Å². The summed E-state index contributed by atoms with van der Waals surface area (Å²) in [5.74, 6) is 0.895. The molecule has 0 unspecified atom stereocenters. The summed E-state index contributed by atoms with van der Waals surface area (Å²) < 4.78 is 0. The predicted octanol–water partition coefficient (Wildman–Crippen LogP) is 0.674. The van der Waals surface area contributed by atoms with Crippen LogP contribution < -0.4 is 20.1 Å². The number of pyridine rings is 1. The molecule has 2 saturated heterocycles. The lowest BCUT2D eigenvalue weighted by Crippen LogP contribution is -3.16. The number of halogens is 1. The fourth-order valence-electron chi connectivity index (χ4n) is 4.19. The van der Waals surface area contributed by atoms with Crippen LogP contribution in [0.2, 0.25) is 5.02 Å². The third-order valence-corrected chi connectivity index (χ3v) is 6.14. The van der Waals surface area contributed by atoms with E-state index >= 15 is 0 Å². The smallest absolute Gasteiger partial charge is 0.319 e. The number of urea groups is 1. The van der Waals surface area contributed by atoms with E-state index in [1.165, 1.54) is 9.80 Å². The summed E-state index contributed by atoms with van der Waals surface area (Å²) in [4.78, 5) is 34.2. The Bertz CT molecular complexity index is 901. The summed E-state index contributed by atoms with van der Waals surface area (Å²) in [6.07, 6.45) is 2.39. The number of H-pyrrole nitrogens is 1. The topological polar surface area (TPSA) is 71.2 Å². The maximum absolute atomic E-state index is 13.3. The maximum atomic E-state index is 13.3. The van der Waals surface area contributed by atoms with Gasteiger partial charge in [0, 0.05) is 11.1 Å². The summed E-state index contributed by atoms with van der Waals surface area (Å²) in [7, 11) is 0. The van der Waals surface area contributed by atoms with Gasteiger partial charge in [0.05, 0.1) is 6.20 Å². The molecule has 1 aromatic carbocycles. The number of nitrogens with zero attached hydrogens (tertiary/aromatic N) is 2. The lowest BCUT2D eigenvalue weighted by Gasteiger charge is -2.30. The number of piperazine rings is 1. The van der Waals surface area contributed by atoms with Crippen LogP contribution >= 0.6 is 11.6 Å². The lowest BCUT2D eigenvalue weighted by atomic mass is 9.87. The van der Waals surface area contributed by atoms with Gasteiger partial charge in [-0.1, -0.05) is 36.7 Å². The Morgan fingerprint density at radius 3 is 2.62 bits per heavy atom. The Labute approximate surface area is 175 Å². The Morgan fingerprint density at radius 1 is 1.17 bits per heavy atom. The van der Waals surface area contributed by atoms with Crippen LogP contribution in [-0.4, -0.2) is 49.7 Å². The van der Waals surface area contributed by atoms with Crippen molar-refractivity contribution in [3.8, 4) is 0 Å². The number of amides is 3. The Hall–Kier alpha value is -2.64. The monoisotopic (exact) mass is 415 g/mol. The van der Waals surface area contributed by atoms with Crippen molar-refractivity contribution in [3.05, 3.63) is 59.2 Å². The zero-order chi connectivity index (χ0) is 20.4. The van der Waals surface area contributed by atoms with Gasteiger partial charge < -0.3 is 10.2 Å². The molecule has 3 heterocycles. The average Bonchev–Trinajstić information content (AvgIpc) is 3.00. The van der Waals surface area contributed by atoms with Gasteiger partial charge in [-0.05, 0) is 30.2 Å². The van der Waals surface area contributed by atoms with E-state index in [0.717, 1.165) is 37.6 Å². The second-order valence-corrected chi connectivity index (χ2v) is 8.01. The SMILES string of the molecule is CC[C@]1(c2cccc(Cl)c2)NC(=O)N(C[NH+]2CCN(c3cccc[nH+]3)CC2)C1=O. The molecular weight excluding hydrogens is 390 g/mol. The van der Waals surface area contributed by atoms with E-state index in [0.29, 0.717) is 18.1 Å². The van der Waals surface area contributed by atoms with Crippen molar-refractivity contribution < 1.29 is 19.5 Å². The van der Waals surface area contributed by atoms with Gasteiger partial charge in [-0.2, -0.15) is 0 Å². The number of imide groups is 1. The molecule has 2 aliphatic rings. The molecular formula is C21H26ClN5O2+2. The first-order valence-electron chi connectivity index (χ1n) is 9.99. The third-order valence-electron chi connectivity index (χ3n) is 5.91. The number of quaternary nitrogens is 1. The number of benzene rings is 1. The van der Waals surface area contributed by atoms with E-state index in [2.05, 4.69) is 21.3 Å². The van der Waals surface area contributed by atoms with Gasteiger partial charge in [-0.15, -0.1) is 0 Å². The number of hydrogen-bond acceptors (Lipinski definition) is 3.